The molecule has 1 amide bonds. The molecule has 1 aliphatic carbocycles. The van der Waals surface area contributed by atoms with Gasteiger partial charge in [-0.3, -0.25) is 4.79 Å². The van der Waals surface area contributed by atoms with Crippen molar-refractivity contribution in [3.05, 3.63) is 30.3 Å². The van der Waals surface area contributed by atoms with E-state index in [2.05, 4.69) is 36.3 Å². The van der Waals surface area contributed by atoms with Crippen LogP contribution in [0.3, 0.4) is 0 Å². The van der Waals surface area contributed by atoms with Crippen molar-refractivity contribution in [2.45, 2.75) is 32.2 Å². The Hall–Kier alpha value is -1.55. The van der Waals surface area contributed by atoms with E-state index in [1.165, 1.54) is 5.69 Å². The maximum absolute atomic E-state index is 12.4. The Bertz CT molecular complexity index is 511. The summed E-state index contributed by atoms with van der Waals surface area (Å²) < 4.78 is 5.41. The Kier molecular flexibility index (Phi) is 4.39. The predicted molar refractivity (Wildman–Crippen MR) is 87.9 cm³/mol. The van der Waals surface area contributed by atoms with Gasteiger partial charge in [0, 0.05) is 44.5 Å². The zero-order valence-electron chi connectivity index (χ0n) is 13.5. The summed E-state index contributed by atoms with van der Waals surface area (Å²) in [6.07, 6.45) is 3.14. The van der Waals surface area contributed by atoms with Crippen LogP contribution >= 0.6 is 0 Å². The lowest BCUT2D eigenvalue weighted by Crippen LogP contribution is -2.41. The van der Waals surface area contributed by atoms with Crippen LogP contribution in [0.1, 0.15) is 26.2 Å². The first-order valence-corrected chi connectivity index (χ1v) is 8.26. The Labute approximate surface area is 132 Å². The Morgan fingerprint density at radius 2 is 2.05 bits per heavy atom. The summed E-state index contributed by atoms with van der Waals surface area (Å²) in [7, 11) is 2.07. The van der Waals surface area contributed by atoms with E-state index in [9.17, 15) is 4.79 Å². The van der Waals surface area contributed by atoms with Gasteiger partial charge in [0.2, 0.25) is 5.91 Å². The number of para-hydroxylation sites is 1. The van der Waals surface area contributed by atoms with Crippen LogP contribution in [0.5, 0.6) is 0 Å². The third-order valence-corrected chi connectivity index (χ3v) is 5.39. The number of likely N-dealkylation sites (N-methyl/N-ethyl adjacent to an activating group) is 1. The second kappa shape index (κ2) is 6.29. The van der Waals surface area contributed by atoms with E-state index in [0.717, 1.165) is 32.5 Å². The highest BCUT2D eigenvalue weighted by Crippen LogP contribution is 2.59. The zero-order valence-corrected chi connectivity index (χ0v) is 13.5. The molecule has 2 aliphatic rings. The molecule has 1 spiro atoms. The van der Waals surface area contributed by atoms with E-state index in [1.54, 1.807) is 0 Å². The molecule has 1 aromatic rings. The van der Waals surface area contributed by atoms with Gasteiger partial charge in [-0.1, -0.05) is 18.2 Å². The summed E-state index contributed by atoms with van der Waals surface area (Å²) in [4.78, 5) is 14.6. The summed E-state index contributed by atoms with van der Waals surface area (Å²) in [5.41, 5.74) is 1.44. The molecule has 1 N–H and O–H groups in total. The number of ether oxygens (including phenoxy) is 1. The molecular formula is C18H26N2O2. The number of anilines is 1. The van der Waals surface area contributed by atoms with Crippen LogP contribution in [-0.2, 0) is 9.53 Å². The average Bonchev–Trinajstić information content (AvgIpc) is 3.26. The molecule has 1 heterocycles. The molecule has 1 aromatic carbocycles. The summed E-state index contributed by atoms with van der Waals surface area (Å²) in [6, 6.07) is 10.6. The normalized spacial score (nSPS) is 23.8. The van der Waals surface area contributed by atoms with Crippen molar-refractivity contribution in [3.8, 4) is 0 Å². The third-order valence-electron chi connectivity index (χ3n) is 5.39. The number of carbonyl (C=O) groups excluding carboxylic acids is 1. The summed E-state index contributed by atoms with van der Waals surface area (Å²) in [5, 5.41) is 3.15. The van der Waals surface area contributed by atoms with Gasteiger partial charge in [0.05, 0.1) is 0 Å². The second-order valence-corrected chi connectivity index (χ2v) is 6.77. The SMILES string of the molecule is CC(CNC(=O)C1CC12CCOCC2)N(C)c1ccccc1. The Balaban J connectivity index is 1.47. The molecule has 1 saturated carbocycles. The maximum atomic E-state index is 12.4. The highest BCUT2D eigenvalue weighted by molar-refractivity contribution is 5.82. The quantitative estimate of drug-likeness (QED) is 0.908. The highest BCUT2D eigenvalue weighted by atomic mass is 16.5. The lowest BCUT2D eigenvalue weighted by Gasteiger charge is -2.27. The minimum atomic E-state index is 0.214. The van der Waals surface area contributed by atoms with Gasteiger partial charge >= 0.3 is 0 Å². The predicted octanol–water partition coefficient (Wildman–Crippen LogP) is 2.44. The van der Waals surface area contributed by atoms with Gasteiger partial charge in [-0.15, -0.1) is 0 Å². The van der Waals surface area contributed by atoms with E-state index >= 15 is 0 Å². The van der Waals surface area contributed by atoms with Gasteiger partial charge in [0.1, 0.15) is 0 Å². The van der Waals surface area contributed by atoms with Crippen LogP contribution in [0.2, 0.25) is 0 Å². The molecule has 2 atom stereocenters. The monoisotopic (exact) mass is 302 g/mol. The van der Waals surface area contributed by atoms with Crippen LogP contribution in [0.25, 0.3) is 0 Å². The Morgan fingerprint density at radius 3 is 2.73 bits per heavy atom. The molecule has 2 unspecified atom stereocenters. The fourth-order valence-corrected chi connectivity index (χ4v) is 3.47. The second-order valence-electron chi connectivity index (χ2n) is 6.77. The summed E-state index contributed by atoms with van der Waals surface area (Å²) in [6.45, 7) is 4.46. The fraction of sp³-hybridized carbons (Fsp3) is 0.611. The molecule has 0 bridgehead atoms. The first-order valence-electron chi connectivity index (χ1n) is 8.26. The van der Waals surface area contributed by atoms with E-state index in [0.29, 0.717) is 6.54 Å². The molecule has 2 fully saturated rings. The molecule has 0 radical (unpaired) electrons. The number of nitrogens with zero attached hydrogens (tertiary/aromatic N) is 1. The van der Waals surface area contributed by atoms with Crippen LogP contribution in [-0.4, -0.2) is 38.8 Å². The van der Waals surface area contributed by atoms with Gasteiger partial charge in [-0.05, 0) is 43.7 Å². The molecule has 1 aliphatic heterocycles. The number of rotatable bonds is 5. The Morgan fingerprint density at radius 1 is 1.36 bits per heavy atom. The highest BCUT2D eigenvalue weighted by Gasteiger charge is 2.57. The number of amides is 1. The first kappa shape index (κ1) is 15.3. The van der Waals surface area contributed by atoms with Crippen molar-refractivity contribution >= 4 is 11.6 Å². The van der Waals surface area contributed by atoms with Gasteiger partial charge in [-0.2, -0.15) is 0 Å². The fourth-order valence-electron chi connectivity index (χ4n) is 3.47. The van der Waals surface area contributed by atoms with Crippen LogP contribution in [0, 0.1) is 11.3 Å². The van der Waals surface area contributed by atoms with Crippen LogP contribution in [0.15, 0.2) is 30.3 Å². The molecule has 120 valence electrons. The number of benzene rings is 1. The van der Waals surface area contributed by atoms with Gasteiger partial charge < -0.3 is 15.0 Å². The lowest BCUT2D eigenvalue weighted by atomic mass is 9.93. The minimum Gasteiger partial charge on any atom is -0.381 e. The smallest absolute Gasteiger partial charge is 0.223 e. The topological polar surface area (TPSA) is 41.6 Å². The zero-order chi connectivity index (χ0) is 15.6. The molecule has 4 nitrogen and oxygen atoms in total. The van der Waals surface area contributed by atoms with Crippen molar-refractivity contribution in [1.82, 2.24) is 5.32 Å². The molecular weight excluding hydrogens is 276 g/mol. The minimum absolute atomic E-state index is 0.214. The largest absolute Gasteiger partial charge is 0.381 e. The van der Waals surface area contributed by atoms with Crippen LogP contribution < -0.4 is 10.2 Å². The van der Waals surface area contributed by atoms with Crippen molar-refractivity contribution in [2.75, 3.05) is 31.7 Å². The summed E-state index contributed by atoms with van der Waals surface area (Å²) >= 11 is 0. The standard InChI is InChI=1S/C18H26N2O2/c1-14(20(2)15-6-4-3-5-7-15)13-19-17(21)16-12-18(16)8-10-22-11-9-18/h3-7,14,16H,8-13H2,1-2H3,(H,19,21). The third kappa shape index (κ3) is 3.12. The van der Waals surface area contributed by atoms with Gasteiger partial charge in [0.25, 0.3) is 0 Å². The van der Waals surface area contributed by atoms with Crippen molar-refractivity contribution < 1.29 is 9.53 Å². The number of carbonyl (C=O) groups is 1. The van der Waals surface area contributed by atoms with E-state index in [4.69, 9.17) is 4.74 Å². The van der Waals surface area contributed by atoms with Crippen molar-refractivity contribution in [3.63, 3.8) is 0 Å². The van der Waals surface area contributed by atoms with E-state index < -0.39 is 0 Å². The molecule has 22 heavy (non-hydrogen) atoms. The average molecular weight is 302 g/mol. The molecule has 4 heteroatoms. The lowest BCUT2D eigenvalue weighted by molar-refractivity contribution is -0.123. The number of hydrogen-bond donors (Lipinski definition) is 1. The van der Waals surface area contributed by atoms with E-state index in [1.807, 2.05) is 18.2 Å². The van der Waals surface area contributed by atoms with Gasteiger partial charge in [-0.25, -0.2) is 0 Å². The van der Waals surface area contributed by atoms with Gasteiger partial charge in [0.15, 0.2) is 0 Å². The summed E-state index contributed by atoms with van der Waals surface area (Å²) in [5.74, 6) is 0.445. The number of hydrogen-bond acceptors (Lipinski definition) is 3. The molecule has 1 saturated heterocycles. The maximum Gasteiger partial charge on any atom is 0.223 e. The van der Waals surface area contributed by atoms with Crippen molar-refractivity contribution in [1.29, 1.82) is 0 Å². The number of nitrogens with one attached hydrogen (secondary N) is 1. The molecule has 3 rings (SSSR count). The first-order chi connectivity index (χ1) is 10.6. The van der Waals surface area contributed by atoms with Crippen molar-refractivity contribution in [2.24, 2.45) is 11.3 Å². The molecule has 0 aromatic heterocycles. The van der Waals surface area contributed by atoms with E-state index in [-0.39, 0.29) is 23.3 Å². The van der Waals surface area contributed by atoms with Crippen LogP contribution in [0.4, 0.5) is 5.69 Å².